The van der Waals surface area contributed by atoms with Crippen LogP contribution in [-0.4, -0.2) is 73.2 Å². The van der Waals surface area contributed by atoms with Gasteiger partial charge in [0.25, 0.3) is 0 Å². The molecule has 3 N–H and O–H groups in total. The summed E-state index contributed by atoms with van der Waals surface area (Å²) >= 11 is 0. The van der Waals surface area contributed by atoms with Crippen molar-refractivity contribution in [2.24, 2.45) is 11.3 Å². The first kappa shape index (κ1) is 32.3. The lowest BCUT2D eigenvalue weighted by Gasteiger charge is -2.40. The summed E-state index contributed by atoms with van der Waals surface area (Å²) < 4.78 is 5.20. The topological polar surface area (TPSA) is 108 Å². The first-order chi connectivity index (χ1) is 17.0. The second-order valence-corrected chi connectivity index (χ2v) is 11.7. The van der Waals surface area contributed by atoms with Crippen LogP contribution in [0.2, 0.25) is 0 Å². The number of carbonyl (C=O) groups is 3. The third kappa shape index (κ3) is 9.27. The Bertz CT molecular complexity index is 935. The van der Waals surface area contributed by atoms with Crippen molar-refractivity contribution in [2.45, 2.75) is 78.9 Å². The normalized spacial score (nSPS) is 15.2. The number of nitrogens with one attached hydrogen (secondary N) is 2. The number of likely N-dealkylation sites (N-methyl/N-ethyl adjacent to an activating group) is 2. The highest BCUT2D eigenvalue weighted by Crippen LogP contribution is 2.29. The van der Waals surface area contributed by atoms with Crippen LogP contribution in [0.25, 0.3) is 0 Å². The lowest BCUT2D eigenvalue weighted by molar-refractivity contribution is -0.141. The molecule has 1 aromatic carbocycles. The quantitative estimate of drug-likeness (QED) is 0.345. The second kappa shape index (κ2) is 13.7. The van der Waals surface area contributed by atoms with Gasteiger partial charge in [-0.25, -0.2) is 4.79 Å². The van der Waals surface area contributed by atoms with Crippen LogP contribution >= 0.6 is 0 Å². The van der Waals surface area contributed by atoms with Gasteiger partial charge in [0.1, 0.15) is 12.6 Å². The molecule has 208 valence electrons. The van der Waals surface area contributed by atoms with Crippen LogP contribution in [0.5, 0.6) is 0 Å². The summed E-state index contributed by atoms with van der Waals surface area (Å²) in [5.41, 5.74) is 0.788. The summed E-state index contributed by atoms with van der Waals surface area (Å²) in [6, 6.07) is 8.26. The molecule has 0 saturated carbocycles. The van der Waals surface area contributed by atoms with Crippen molar-refractivity contribution >= 4 is 17.8 Å². The average Bonchev–Trinajstić information content (AvgIpc) is 2.79. The molecule has 37 heavy (non-hydrogen) atoms. The number of hydrogen-bond acceptors (Lipinski definition) is 5. The standard InChI is InChI=1S/C29H47N3O5/c1-19(2)22(16-20(3)17-37-18-23(33)34)32(10)27(36)25(28(4,5)6)31-26(35)24(30-9)29(7,8)21-14-12-11-13-15-21/h11-16,19,22,24-25,30H,17-18H2,1-10H3,(H,31,35)(H,33,34)/b20-16+/t22-,24?,25?/m1/s1. The summed E-state index contributed by atoms with van der Waals surface area (Å²) in [6.45, 7) is 15.5. The number of amides is 2. The molecule has 0 aromatic heterocycles. The zero-order chi connectivity index (χ0) is 28.6. The molecule has 0 aliphatic rings. The maximum absolute atomic E-state index is 13.8. The minimum Gasteiger partial charge on any atom is -0.480 e. The van der Waals surface area contributed by atoms with Gasteiger partial charge in [0.2, 0.25) is 11.8 Å². The molecular formula is C29H47N3O5. The van der Waals surface area contributed by atoms with E-state index in [-0.39, 0.29) is 37.0 Å². The number of aliphatic carboxylic acids is 1. The summed E-state index contributed by atoms with van der Waals surface area (Å²) in [6.07, 6.45) is 1.93. The Labute approximate surface area is 222 Å². The van der Waals surface area contributed by atoms with Crippen molar-refractivity contribution in [3.05, 3.63) is 47.5 Å². The molecule has 1 aromatic rings. The van der Waals surface area contributed by atoms with E-state index in [4.69, 9.17) is 9.84 Å². The lowest BCUT2D eigenvalue weighted by atomic mass is 9.76. The maximum Gasteiger partial charge on any atom is 0.329 e. The fourth-order valence-corrected chi connectivity index (χ4v) is 4.47. The number of carboxylic acid groups (broad SMARTS) is 1. The average molecular weight is 518 g/mol. The molecule has 8 heteroatoms. The first-order valence-corrected chi connectivity index (χ1v) is 12.8. The largest absolute Gasteiger partial charge is 0.480 e. The Balaban J connectivity index is 3.20. The van der Waals surface area contributed by atoms with Gasteiger partial charge in [-0.1, -0.05) is 84.9 Å². The van der Waals surface area contributed by atoms with E-state index in [0.717, 1.165) is 11.1 Å². The number of ether oxygens (including phenoxy) is 1. The molecule has 0 aliphatic heterocycles. The number of benzene rings is 1. The van der Waals surface area contributed by atoms with Crippen LogP contribution in [0.4, 0.5) is 0 Å². The smallest absolute Gasteiger partial charge is 0.329 e. The van der Waals surface area contributed by atoms with Gasteiger partial charge in [-0.3, -0.25) is 9.59 Å². The van der Waals surface area contributed by atoms with Gasteiger partial charge in [-0.15, -0.1) is 0 Å². The van der Waals surface area contributed by atoms with Crippen molar-refractivity contribution in [3.8, 4) is 0 Å². The van der Waals surface area contributed by atoms with Crippen LogP contribution in [0.3, 0.4) is 0 Å². The van der Waals surface area contributed by atoms with Gasteiger partial charge >= 0.3 is 5.97 Å². The molecule has 0 aliphatic carbocycles. The molecule has 0 radical (unpaired) electrons. The lowest BCUT2D eigenvalue weighted by Crippen LogP contribution is -2.61. The molecule has 0 saturated heterocycles. The molecular weight excluding hydrogens is 470 g/mol. The second-order valence-electron chi connectivity index (χ2n) is 11.7. The monoisotopic (exact) mass is 517 g/mol. The highest BCUT2D eigenvalue weighted by Gasteiger charge is 2.41. The van der Waals surface area contributed by atoms with Gasteiger partial charge in [-0.05, 0) is 36.4 Å². The van der Waals surface area contributed by atoms with Crippen molar-refractivity contribution in [2.75, 3.05) is 27.3 Å². The van der Waals surface area contributed by atoms with E-state index in [1.165, 1.54) is 0 Å². The summed E-state index contributed by atoms with van der Waals surface area (Å²) in [5.74, 6) is -1.38. The Hall–Kier alpha value is -2.71. The van der Waals surface area contributed by atoms with Gasteiger partial charge in [-0.2, -0.15) is 0 Å². The molecule has 2 amide bonds. The minimum absolute atomic E-state index is 0.0850. The predicted octanol–water partition coefficient (Wildman–Crippen LogP) is 3.61. The Morgan fingerprint density at radius 1 is 1.03 bits per heavy atom. The van der Waals surface area contributed by atoms with E-state index < -0.39 is 28.9 Å². The van der Waals surface area contributed by atoms with E-state index in [1.807, 2.05) is 91.8 Å². The van der Waals surface area contributed by atoms with Crippen molar-refractivity contribution in [1.29, 1.82) is 0 Å². The zero-order valence-electron chi connectivity index (χ0n) is 24.2. The van der Waals surface area contributed by atoms with Gasteiger partial charge in [0.15, 0.2) is 0 Å². The van der Waals surface area contributed by atoms with Crippen molar-refractivity contribution in [1.82, 2.24) is 15.5 Å². The minimum atomic E-state index is -1.03. The molecule has 2 unspecified atom stereocenters. The van der Waals surface area contributed by atoms with E-state index >= 15 is 0 Å². The fourth-order valence-electron chi connectivity index (χ4n) is 4.47. The van der Waals surface area contributed by atoms with Crippen LogP contribution in [0.1, 0.15) is 61.0 Å². The van der Waals surface area contributed by atoms with E-state index in [1.54, 1.807) is 19.0 Å². The number of carbonyl (C=O) groups excluding carboxylic acids is 2. The van der Waals surface area contributed by atoms with Crippen LogP contribution in [0.15, 0.2) is 42.0 Å². The third-order valence-corrected chi connectivity index (χ3v) is 6.68. The third-order valence-electron chi connectivity index (χ3n) is 6.68. The van der Waals surface area contributed by atoms with E-state index in [9.17, 15) is 14.4 Å². The SMILES string of the molecule is CNC(C(=O)NC(C(=O)N(C)[C@H](/C=C(\C)COCC(=O)O)C(C)C)C(C)(C)C)C(C)(C)c1ccccc1. The summed E-state index contributed by atoms with van der Waals surface area (Å²) in [5, 5.41) is 15.0. The Morgan fingerprint density at radius 3 is 2.05 bits per heavy atom. The molecule has 0 heterocycles. The highest BCUT2D eigenvalue weighted by atomic mass is 16.5. The van der Waals surface area contributed by atoms with Gasteiger partial charge in [0.05, 0.1) is 18.7 Å². The highest BCUT2D eigenvalue weighted by molar-refractivity contribution is 5.91. The molecule has 0 fully saturated rings. The van der Waals surface area contributed by atoms with Gasteiger partial charge in [0, 0.05) is 12.5 Å². The molecule has 8 nitrogen and oxygen atoms in total. The fraction of sp³-hybridized carbons (Fsp3) is 0.621. The zero-order valence-corrected chi connectivity index (χ0v) is 24.2. The molecule has 0 bridgehead atoms. The predicted molar refractivity (Wildman–Crippen MR) is 147 cm³/mol. The summed E-state index contributed by atoms with van der Waals surface area (Å²) in [7, 11) is 3.49. The molecule has 3 atom stereocenters. The van der Waals surface area contributed by atoms with E-state index in [2.05, 4.69) is 10.6 Å². The van der Waals surface area contributed by atoms with Crippen LogP contribution < -0.4 is 10.6 Å². The summed E-state index contributed by atoms with van der Waals surface area (Å²) in [4.78, 5) is 39.9. The Kier molecular flexibility index (Phi) is 12.0. The maximum atomic E-state index is 13.8. The van der Waals surface area contributed by atoms with Crippen LogP contribution in [-0.2, 0) is 24.5 Å². The molecule has 1 rings (SSSR count). The van der Waals surface area contributed by atoms with Crippen LogP contribution in [0, 0.1) is 11.3 Å². The van der Waals surface area contributed by atoms with Gasteiger partial charge < -0.3 is 25.4 Å². The number of rotatable bonds is 13. The number of nitrogens with zero attached hydrogens (tertiary/aromatic N) is 1. The number of carboxylic acids is 1. The number of hydrogen-bond donors (Lipinski definition) is 3. The van der Waals surface area contributed by atoms with Crippen molar-refractivity contribution < 1.29 is 24.2 Å². The first-order valence-electron chi connectivity index (χ1n) is 12.8. The Morgan fingerprint density at radius 2 is 1.59 bits per heavy atom. The molecule has 0 spiro atoms. The van der Waals surface area contributed by atoms with Crippen molar-refractivity contribution in [3.63, 3.8) is 0 Å². The van der Waals surface area contributed by atoms with E-state index in [0.29, 0.717) is 0 Å².